The number of aromatic nitrogens is 1. The fourth-order valence-corrected chi connectivity index (χ4v) is 5.04. The average Bonchev–Trinajstić information content (AvgIpc) is 3.24. The number of nitrogens with zero attached hydrogens (tertiary/aromatic N) is 2. The molecule has 1 N–H and O–H groups in total. The molecule has 5 rings (SSSR count). The van der Waals surface area contributed by atoms with E-state index < -0.39 is 0 Å². The minimum absolute atomic E-state index is 0. The number of ether oxygens (including phenoxy) is 2. The normalized spacial score (nSPS) is 13.2. The number of aliphatic hydroxyl groups excluding tert-OH is 1. The van der Waals surface area contributed by atoms with Crippen LogP contribution in [0.15, 0.2) is 78.9 Å². The molecule has 1 aliphatic heterocycles. The molecule has 6 heteroatoms. The molecule has 194 valence electrons. The molecule has 4 aromatic rings. The van der Waals surface area contributed by atoms with Crippen LogP contribution in [0.4, 0.5) is 5.69 Å². The van der Waals surface area contributed by atoms with Crippen molar-refractivity contribution in [2.45, 2.75) is 13.0 Å². The van der Waals surface area contributed by atoms with Crippen molar-refractivity contribution < 1.29 is 14.6 Å². The third-order valence-corrected chi connectivity index (χ3v) is 6.82. The highest BCUT2D eigenvalue weighted by Gasteiger charge is 2.16. The van der Waals surface area contributed by atoms with E-state index in [9.17, 15) is 5.11 Å². The number of rotatable bonds is 11. The van der Waals surface area contributed by atoms with Crippen LogP contribution in [0.5, 0.6) is 0 Å². The lowest BCUT2D eigenvalue weighted by Gasteiger charge is -2.30. The third kappa shape index (κ3) is 5.99. The average molecular weight is 564 g/mol. The number of hydrogen-bond donors (Lipinski definition) is 1. The maximum Gasteiger partial charge on any atom is 0.0701 e. The van der Waals surface area contributed by atoms with E-state index >= 15 is 0 Å². The van der Waals surface area contributed by atoms with Crippen LogP contribution in [0.2, 0.25) is 0 Å². The van der Waals surface area contributed by atoms with Gasteiger partial charge in [0.15, 0.2) is 0 Å². The number of methoxy groups -OCH3 is 1. The molecule has 0 unspecified atom stereocenters. The Morgan fingerprint density at radius 3 is 2.54 bits per heavy atom. The Bertz CT molecular complexity index is 1390. The first-order valence-electron chi connectivity index (χ1n) is 12.7. The molecular weight excluding hydrogens is 528 g/mol. The number of hydrogen-bond acceptors (Lipinski definition) is 4. The summed E-state index contributed by atoms with van der Waals surface area (Å²) in [5.41, 5.74) is 7.36. The summed E-state index contributed by atoms with van der Waals surface area (Å²) in [5.74, 6) is 0. The minimum atomic E-state index is 0. The van der Waals surface area contributed by atoms with Gasteiger partial charge in [0, 0.05) is 66.4 Å². The van der Waals surface area contributed by atoms with E-state index in [4.69, 9.17) is 9.47 Å². The van der Waals surface area contributed by atoms with E-state index in [1.165, 1.54) is 44.2 Å². The Labute approximate surface area is 229 Å². The lowest BCUT2D eigenvalue weighted by Crippen LogP contribution is -2.28. The molecule has 0 radical (unpaired) electrons. The number of para-hydroxylation sites is 2. The number of halogens is 1. The SMILES string of the molecule is Br.COCCOCCn1c2ccccc2c2cc(C=CC3=CCN(CCCO)c4ccccc43)ccc21. The molecule has 1 aromatic heterocycles. The molecule has 0 spiro atoms. The predicted octanol–water partition coefficient (Wildman–Crippen LogP) is 6.33. The second-order valence-corrected chi connectivity index (χ2v) is 9.08. The van der Waals surface area contributed by atoms with Gasteiger partial charge in [-0.25, -0.2) is 0 Å². The zero-order valence-electron chi connectivity index (χ0n) is 21.3. The Morgan fingerprint density at radius 2 is 1.68 bits per heavy atom. The topological polar surface area (TPSA) is 46.9 Å². The van der Waals surface area contributed by atoms with Crippen molar-refractivity contribution in [1.29, 1.82) is 0 Å². The van der Waals surface area contributed by atoms with Gasteiger partial charge < -0.3 is 24.0 Å². The molecular formula is C31H35BrN2O3. The fraction of sp³-hybridized carbons (Fsp3) is 0.290. The Kier molecular flexibility index (Phi) is 9.58. The van der Waals surface area contributed by atoms with Crippen LogP contribution in [-0.2, 0) is 16.0 Å². The van der Waals surface area contributed by atoms with E-state index in [1.54, 1.807) is 7.11 Å². The highest BCUT2D eigenvalue weighted by molar-refractivity contribution is 8.93. The van der Waals surface area contributed by atoms with Crippen LogP contribution in [0.3, 0.4) is 0 Å². The van der Waals surface area contributed by atoms with Crippen molar-refractivity contribution in [1.82, 2.24) is 4.57 Å². The maximum absolute atomic E-state index is 9.26. The molecule has 37 heavy (non-hydrogen) atoms. The smallest absolute Gasteiger partial charge is 0.0701 e. The molecule has 0 saturated heterocycles. The van der Waals surface area contributed by atoms with Crippen LogP contribution in [-0.4, -0.2) is 56.3 Å². The number of allylic oxidation sites excluding steroid dienone is 2. The lowest BCUT2D eigenvalue weighted by molar-refractivity contribution is 0.0673. The van der Waals surface area contributed by atoms with E-state index in [-0.39, 0.29) is 23.6 Å². The fourth-order valence-electron chi connectivity index (χ4n) is 5.04. The van der Waals surface area contributed by atoms with Gasteiger partial charge in [0.1, 0.15) is 0 Å². The maximum atomic E-state index is 9.26. The van der Waals surface area contributed by atoms with Gasteiger partial charge in [0.2, 0.25) is 0 Å². The predicted molar refractivity (Wildman–Crippen MR) is 160 cm³/mol. The summed E-state index contributed by atoms with van der Waals surface area (Å²) >= 11 is 0. The monoisotopic (exact) mass is 562 g/mol. The highest BCUT2D eigenvalue weighted by atomic mass is 79.9. The first-order chi connectivity index (χ1) is 17.8. The molecule has 0 amide bonds. The van der Waals surface area contributed by atoms with Gasteiger partial charge in [0.25, 0.3) is 0 Å². The minimum Gasteiger partial charge on any atom is -0.396 e. The van der Waals surface area contributed by atoms with Crippen LogP contribution in [0.1, 0.15) is 17.5 Å². The second kappa shape index (κ2) is 13.1. The molecule has 0 fully saturated rings. The van der Waals surface area contributed by atoms with Crippen molar-refractivity contribution >= 4 is 56.1 Å². The van der Waals surface area contributed by atoms with Gasteiger partial charge in [-0.3, -0.25) is 0 Å². The van der Waals surface area contributed by atoms with E-state index in [2.05, 4.69) is 94.4 Å². The van der Waals surface area contributed by atoms with Crippen molar-refractivity contribution in [3.8, 4) is 0 Å². The molecule has 0 saturated carbocycles. The van der Waals surface area contributed by atoms with Crippen molar-refractivity contribution in [2.75, 3.05) is 51.5 Å². The van der Waals surface area contributed by atoms with Gasteiger partial charge >= 0.3 is 0 Å². The lowest BCUT2D eigenvalue weighted by atomic mass is 9.97. The van der Waals surface area contributed by atoms with Gasteiger partial charge in [-0.1, -0.05) is 60.7 Å². The summed E-state index contributed by atoms with van der Waals surface area (Å²) < 4.78 is 13.2. The van der Waals surface area contributed by atoms with Crippen molar-refractivity contribution in [3.05, 3.63) is 90.0 Å². The Hall–Kier alpha value is -2.90. The summed E-state index contributed by atoms with van der Waals surface area (Å²) in [6.45, 7) is 4.62. The summed E-state index contributed by atoms with van der Waals surface area (Å²) in [5, 5.41) is 11.8. The zero-order valence-corrected chi connectivity index (χ0v) is 23.0. The first kappa shape index (κ1) is 27.1. The second-order valence-electron chi connectivity index (χ2n) is 9.08. The number of benzene rings is 3. The molecule has 3 aromatic carbocycles. The highest BCUT2D eigenvalue weighted by Crippen LogP contribution is 2.33. The molecule has 0 bridgehead atoms. The largest absolute Gasteiger partial charge is 0.396 e. The summed E-state index contributed by atoms with van der Waals surface area (Å²) in [4.78, 5) is 2.34. The van der Waals surface area contributed by atoms with Gasteiger partial charge in [-0.15, -0.1) is 17.0 Å². The van der Waals surface area contributed by atoms with Crippen molar-refractivity contribution in [2.24, 2.45) is 0 Å². The van der Waals surface area contributed by atoms with Gasteiger partial charge in [0.05, 0.1) is 19.8 Å². The van der Waals surface area contributed by atoms with Crippen LogP contribution < -0.4 is 4.90 Å². The number of anilines is 1. The Morgan fingerprint density at radius 1 is 0.865 bits per heavy atom. The molecule has 0 aliphatic carbocycles. The Balaban J connectivity index is 0.00000320. The van der Waals surface area contributed by atoms with Crippen LogP contribution >= 0.6 is 17.0 Å². The van der Waals surface area contributed by atoms with E-state index in [1.807, 2.05) is 0 Å². The van der Waals surface area contributed by atoms with Crippen LogP contribution in [0, 0.1) is 0 Å². The number of aliphatic hydroxyl groups is 1. The van der Waals surface area contributed by atoms with Crippen molar-refractivity contribution in [3.63, 3.8) is 0 Å². The summed E-state index contributed by atoms with van der Waals surface area (Å²) in [7, 11) is 1.69. The van der Waals surface area contributed by atoms with Gasteiger partial charge in [-0.2, -0.15) is 0 Å². The first-order valence-corrected chi connectivity index (χ1v) is 12.7. The molecule has 1 aliphatic rings. The van der Waals surface area contributed by atoms with E-state index in [0.29, 0.717) is 19.8 Å². The molecule has 5 nitrogen and oxygen atoms in total. The van der Waals surface area contributed by atoms with Crippen LogP contribution in [0.25, 0.3) is 33.5 Å². The van der Waals surface area contributed by atoms with Gasteiger partial charge in [-0.05, 0) is 41.8 Å². The summed E-state index contributed by atoms with van der Waals surface area (Å²) in [6.07, 6.45) is 7.50. The molecule has 0 atom stereocenters. The zero-order chi connectivity index (χ0) is 24.7. The van der Waals surface area contributed by atoms with E-state index in [0.717, 1.165) is 26.1 Å². The summed E-state index contributed by atoms with van der Waals surface area (Å²) in [6, 6.07) is 23.8. The quantitative estimate of drug-likeness (QED) is 0.217. The third-order valence-electron chi connectivity index (χ3n) is 6.82. The molecule has 2 heterocycles. The number of fused-ring (bicyclic) bond motifs is 4. The standard InChI is InChI=1S/C31H34N2O3.BrH/c1-35-21-22-36-20-18-33-30-10-5-3-8-27(30)28-23-24(12-14-31(28)33)11-13-25-15-17-32(16-6-19-34)29-9-4-2-7-26(25)29;/h2-5,7-15,23,34H,6,16-22H2,1H3;1H.